The maximum atomic E-state index is 13.4. The predicted molar refractivity (Wildman–Crippen MR) is 125 cm³/mol. The fourth-order valence-electron chi connectivity index (χ4n) is 4.57. The molecule has 3 aromatic rings. The molecule has 2 aliphatic rings. The molecule has 36 heavy (non-hydrogen) atoms. The number of benzene rings is 1. The summed E-state index contributed by atoms with van der Waals surface area (Å²) in [6.07, 6.45) is 3.55. The summed E-state index contributed by atoms with van der Waals surface area (Å²) >= 11 is 0. The van der Waals surface area contributed by atoms with E-state index >= 15 is 0 Å². The standard InChI is InChI=1S/C27H22N2O7/c1-2-32-22-12-15(7-8-20(22)36-27(31)21-6-4-10-34-21)24-17(14-28)26(29)35-23-13-16(11-18(30)25(23)24)19-5-3-9-33-19/h3-10,12,16,24H,2,11,13,29H2,1H3. The Bertz CT molecular complexity index is 1410. The summed E-state index contributed by atoms with van der Waals surface area (Å²) in [6.45, 7) is 2.08. The molecule has 1 aliphatic carbocycles. The Kier molecular flexibility index (Phi) is 6.09. The molecular weight excluding hydrogens is 464 g/mol. The van der Waals surface area contributed by atoms with E-state index in [0.29, 0.717) is 35.7 Å². The van der Waals surface area contributed by atoms with Gasteiger partial charge < -0.3 is 28.8 Å². The van der Waals surface area contributed by atoms with Crippen LogP contribution in [0.4, 0.5) is 0 Å². The van der Waals surface area contributed by atoms with Gasteiger partial charge in [0.2, 0.25) is 11.6 Å². The van der Waals surface area contributed by atoms with Crippen LogP contribution in [0.3, 0.4) is 0 Å². The van der Waals surface area contributed by atoms with E-state index in [1.807, 2.05) is 6.07 Å². The number of furan rings is 2. The zero-order chi connectivity index (χ0) is 25.2. The zero-order valence-corrected chi connectivity index (χ0v) is 19.4. The molecule has 0 spiro atoms. The van der Waals surface area contributed by atoms with Crippen LogP contribution in [0, 0.1) is 11.3 Å². The minimum Gasteiger partial charge on any atom is -0.490 e. The average Bonchev–Trinajstić information content (AvgIpc) is 3.59. The number of nitriles is 1. The van der Waals surface area contributed by atoms with E-state index in [2.05, 4.69) is 6.07 Å². The van der Waals surface area contributed by atoms with Crippen molar-refractivity contribution in [3.8, 4) is 17.6 Å². The summed E-state index contributed by atoms with van der Waals surface area (Å²) in [5, 5.41) is 9.90. The van der Waals surface area contributed by atoms with E-state index in [0.717, 1.165) is 0 Å². The van der Waals surface area contributed by atoms with Crippen LogP contribution in [0.5, 0.6) is 11.5 Å². The fraction of sp³-hybridized carbons (Fsp3) is 0.222. The van der Waals surface area contributed by atoms with Gasteiger partial charge in [0.05, 0.1) is 25.1 Å². The van der Waals surface area contributed by atoms with Gasteiger partial charge in [-0.05, 0) is 48.9 Å². The maximum Gasteiger partial charge on any atom is 0.379 e. The normalized spacial score (nSPS) is 19.4. The van der Waals surface area contributed by atoms with Crippen LogP contribution in [0.25, 0.3) is 0 Å². The number of carbonyl (C=O) groups excluding carboxylic acids is 2. The number of carbonyl (C=O) groups is 2. The molecule has 0 bridgehead atoms. The molecule has 0 radical (unpaired) electrons. The number of nitrogens with two attached hydrogens (primary N) is 1. The smallest absolute Gasteiger partial charge is 0.379 e. The van der Waals surface area contributed by atoms with E-state index in [4.69, 9.17) is 28.8 Å². The van der Waals surface area contributed by atoms with E-state index < -0.39 is 11.9 Å². The zero-order valence-electron chi connectivity index (χ0n) is 19.4. The molecule has 3 heterocycles. The molecule has 1 aliphatic heterocycles. The van der Waals surface area contributed by atoms with Crippen LogP contribution in [0.15, 0.2) is 86.6 Å². The Morgan fingerprint density at radius 3 is 2.64 bits per heavy atom. The van der Waals surface area contributed by atoms with E-state index in [-0.39, 0.29) is 46.8 Å². The van der Waals surface area contributed by atoms with Crippen molar-refractivity contribution >= 4 is 11.8 Å². The van der Waals surface area contributed by atoms with Crippen LogP contribution in [-0.4, -0.2) is 18.4 Å². The molecule has 0 amide bonds. The lowest BCUT2D eigenvalue weighted by Gasteiger charge is -2.33. The molecule has 0 saturated heterocycles. The lowest BCUT2D eigenvalue weighted by Crippen LogP contribution is -2.29. The number of allylic oxidation sites excluding steroid dienone is 3. The van der Waals surface area contributed by atoms with Crippen LogP contribution < -0.4 is 15.2 Å². The Morgan fingerprint density at radius 2 is 1.94 bits per heavy atom. The molecule has 9 heteroatoms. The third-order valence-electron chi connectivity index (χ3n) is 6.13. The molecule has 2 aromatic heterocycles. The maximum absolute atomic E-state index is 13.4. The lowest BCUT2D eigenvalue weighted by molar-refractivity contribution is -0.117. The molecule has 2 unspecified atom stereocenters. The van der Waals surface area contributed by atoms with Crippen molar-refractivity contribution in [3.63, 3.8) is 0 Å². The summed E-state index contributed by atoms with van der Waals surface area (Å²) in [4.78, 5) is 25.8. The largest absolute Gasteiger partial charge is 0.490 e. The summed E-state index contributed by atoms with van der Waals surface area (Å²) in [5.74, 6) is -0.244. The summed E-state index contributed by atoms with van der Waals surface area (Å²) in [6, 6.07) is 13.6. The van der Waals surface area contributed by atoms with Crippen LogP contribution in [0.1, 0.15) is 53.5 Å². The first kappa shape index (κ1) is 23.1. The molecule has 5 rings (SSSR count). The van der Waals surface area contributed by atoms with Gasteiger partial charge in [0.15, 0.2) is 17.3 Å². The second-order valence-corrected chi connectivity index (χ2v) is 8.31. The van der Waals surface area contributed by atoms with Crippen LogP contribution in [0.2, 0.25) is 0 Å². The second-order valence-electron chi connectivity index (χ2n) is 8.31. The number of hydrogen-bond donors (Lipinski definition) is 1. The van der Waals surface area contributed by atoms with Gasteiger partial charge in [-0.25, -0.2) is 4.79 Å². The third kappa shape index (κ3) is 4.14. The Labute approximate surface area is 206 Å². The third-order valence-corrected chi connectivity index (χ3v) is 6.13. The van der Waals surface area contributed by atoms with Crippen molar-refractivity contribution in [1.29, 1.82) is 5.26 Å². The van der Waals surface area contributed by atoms with Gasteiger partial charge in [0.1, 0.15) is 23.2 Å². The van der Waals surface area contributed by atoms with Crippen molar-refractivity contribution in [2.24, 2.45) is 5.73 Å². The van der Waals surface area contributed by atoms with Crippen molar-refractivity contribution in [3.05, 3.63) is 94.9 Å². The fourth-order valence-corrected chi connectivity index (χ4v) is 4.57. The number of Topliss-reactive ketones (excluding diaryl/α,β-unsaturated/α-hetero) is 1. The molecule has 182 valence electrons. The van der Waals surface area contributed by atoms with Crippen molar-refractivity contribution in [2.75, 3.05) is 6.61 Å². The Balaban J connectivity index is 1.53. The predicted octanol–water partition coefficient (Wildman–Crippen LogP) is 4.70. The average molecular weight is 486 g/mol. The number of esters is 1. The first-order chi connectivity index (χ1) is 17.5. The highest BCUT2D eigenvalue weighted by Crippen LogP contribution is 2.47. The van der Waals surface area contributed by atoms with Crippen LogP contribution in [-0.2, 0) is 9.53 Å². The van der Waals surface area contributed by atoms with Gasteiger partial charge in [0.25, 0.3) is 0 Å². The van der Waals surface area contributed by atoms with Crippen molar-refractivity contribution in [2.45, 2.75) is 31.6 Å². The highest BCUT2D eigenvalue weighted by Gasteiger charge is 2.41. The van der Waals surface area contributed by atoms with Gasteiger partial charge in [-0.15, -0.1) is 0 Å². The second kappa shape index (κ2) is 9.50. The molecule has 0 saturated carbocycles. The monoisotopic (exact) mass is 486 g/mol. The van der Waals surface area contributed by atoms with Crippen molar-refractivity contribution in [1.82, 2.24) is 0 Å². The van der Waals surface area contributed by atoms with Crippen LogP contribution >= 0.6 is 0 Å². The SMILES string of the molecule is CCOc1cc(C2C(C#N)=C(N)OC3=C2C(=O)CC(c2ccco2)C3)ccc1OC(=O)c1ccco1. The molecule has 0 fully saturated rings. The number of hydrogen-bond acceptors (Lipinski definition) is 9. The first-order valence-corrected chi connectivity index (χ1v) is 11.4. The summed E-state index contributed by atoms with van der Waals surface area (Å²) in [5.41, 5.74) is 7.22. The van der Waals surface area contributed by atoms with Gasteiger partial charge in [-0.1, -0.05) is 6.07 Å². The molecular formula is C27H22N2O7. The summed E-state index contributed by atoms with van der Waals surface area (Å²) < 4.78 is 27.6. The minimum atomic E-state index is -0.752. The molecule has 2 N–H and O–H groups in total. The quantitative estimate of drug-likeness (QED) is 0.388. The van der Waals surface area contributed by atoms with Crippen molar-refractivity contribution < 1.29 is 32.6 Å². The molecule has 1 aromatic carbocycles. The van der Waals surface area contributed by atoms with E-state index in [9.17, 15) is 14.9 Å². The van der Waals surface area contributed by atoms with Gasteiger partial charge in [0, 0.05) is 24.3 Å². The number of ether oxygens (including phenoxy) is 3. The number of nitrogens with zero attached hydrogens (tertiary/aromatic N) is 1. The Morgan fingerprint density at radius 1 is 1.14 bits per heavy atom. The number of rotatable bonds is 6. The topological polar surface area (TPSA) is 138 Å². The van der Waals surface area contributed by atoms with E-state index in [1.54, 1.807) is 43.5 Å². The number of ketones is 1. The van der Waals surface area contributed by atoms with Gasteiger partial charge in [-0.3, -0.25) is 4.79 Å². The van der Waals surface area contributed by atoms with E-state index in [1.165, 1.54) is 12.3 Å². The van der Waals surface area contributed by atoms with Gasteiger partial charge >= 0.3 is 5.97 Å². The minimum absolute atomic E-state index is 0.0436. The first-order valence-electron chi connectivity index (χ1n) is 11.4. The Hall–Kier alpha value is -4.71. The molecule has 9 nitrogen and oxygen atoms in total. The molecule has 2 atom stereocenters. The summed E-state index contributed by atoms with van der Waals surface area (Å²) in [7, 11) is 0. The van der Waals surface area contributed by atoms with Gasteiger partial charge in [-0.2, -0.15) is 5.26 Å². The lowest BCUT2D eigenvalue weighted by atomic mass is 9.74. The highest BCUT2D eigenvalue weighted by molar-refractivity contribution is 6.00. The highest BCUT2D eigenvalue weighted by atomic mass is 16.6.